The fourth-order valence-corrected chi connectivity index (χ4v) is 2.05. The second-order valence-corrected chi connectivity index (χ2v) is 4.60. The van der Waals surface area contributed by atoms with Gasteiger partial charge in [-0.15, -0.1) is 0 Å². The summed E-state index contributed by atoms with van der Waals surface area (Å²) in [6.07, 6.45) is 3.16. The van der Waals surface area contributed by atoms with Crippen LogP contribution in [-0.4, -0.2) is 20.4 Å². The molecule has 0 radical (unpaired) electrons. The van der Waals surface area contributed by atoms with E-state index in [1.807, 2.05) is 49.4 Å². The molecule has 0 bridgehead atoms. The lowest BCUT2D eigenvalue weighted by Crippen LogP contribution is -2.16. The summed E-state index contributed by atoms with van der Waals surface area (Å²) in [5.41, 5.74) is 2.20. The number of nitrogens with zero attached hydrogens (tertiary/aromatic N) is 3. The number of carbonyl (C=O) groups excluding carboxylic acids is 1. The topological polar surface area (TPSA) is 59.8 Å². The maximum Gasteiger partial charge on any atom is 0.275 e. The van der Waals surface area contributed by atoms with Crippen LogP contribution in [-0.2, 0) is 0 Å². The average Bonchev–Trinajstić information content (AvgIpc) is 2.98. The molecule has 1 N–H and O–H groups in total. The highest BCUT2D eigenvalue weighted by Crippen LogP contribution is 2.12. The molecule has 2 heterocycles. The Kier molecular flexibility index (Phi) is 3.47. The highest BCUT2D eigenvalue weighted by Gasteiger charge is 2.13. The Labute approximate surface area is 122 Å². The summed E-state index contributed by atoms with van der Waals surface area (Å²) in [6.45, 7) is 1.88. The Bertz CT molecular complexity index is 765. The lowest BCUT2D eigenvalue weighted by molar-refractivity contribution is 0.102. The lowest BCUT2D eigenvalue weighted by atomic mass is 10.3. The van der Waals surface area contributed by atoms with E-state index < -0.39 is 0 Å². The van der Waals surface area contributed by atoms with Crippen LogP contribution in [0.5, 0.6) is 0 Å². The van der Waals surface area contributed by atoms with E-state index in [0.29, 0.717) is 11.5 Å². The van der Waals surface area contributed by atoms with Gasteiger partial charge in [-0.25, -0.2) is 9.97 Å². The van der Waals surface area contributed by atoms with Gasteiger partial charge in [0.25, 0.3) is 5.91 Å². The number of aryl methyl sites for hydroxylation is 1. The molecule has 0 aliphatic carbocycles. The Morgan fingerprint density at radius 2 is 1.90 bits per heavy atom. The van der Waals surface area contributed by atoms with Crippen LogP contribution in [0.1, 0.15) is 16.2 Å². The maximum atomic E-state index is 12.4. The van der Waals surface area contributed by atoms with E-state index in [1.165, 1.54) is 6.20 Å². The van der Waals surface area contributed by atoms with E-state index in [2.05, 4.69) is 15.3 Å². The highest BCUT2D eigenvalue weighted by molar-refractivity contribution is 6.02. The number of nitrogens with one attached hydrogen (secondary N) is 1. The number of benzene rings is 1. The van der Waals surface area contributed by atoms with Crippen molar-refractivity contribution in [2.45, 2.75) is 6.92 Å². The number of anilines is 1. The second-order valence-electron chi connectivity index (χ2n) is 4.60. The first-order valence-corrected chi connectivity index (χ1v) is 6.57. The summed E-state index contributed by atoms with van der Waals surface area (Å²) in [4.78, 5) is 20.7. The number of hydrogen-bond donors (Lipinski definition) is 1. The number of para-hydroxylation sites is 1. The van der Waals surface area contributed by atoms with Crippen molar-refractivity contribution in [1.82, 2.24) is 14.5 Å². The van der Waals surface area contributed by atoms with Crippen molar-refractivity contribution < 1.29 is 4.79 Å². The Morgan fingerprint density at radius 1 is 1.10 bits per heavy atom. The smallest absolute Gasteiger partial charge is 0.275 e. The zero-order valence-electron chi connectivity index (χ0n) is 11.5. The van der Waals surface area contributed by atoms with Crippen LogP contribution in [0.4, 0.5) is 5.82 Å². The van der Waals surface area contributed by atoms with Crippen molar-refractivity contribution in [3.63, 3.8) is 0 Å². The third-order valence-corrected chi connectivity index (χ3v) is 3.04. The van der Waals surface area contributed by atoms with Gasteiger partial charge in [0.2, 0.25) is 0 Å². The zero-order valence-corrected chi connectivity index (χ0v) is 11.5. The quantitative estimate of drug-likeness (QED) is 0.801. The van der Waals surface area contributed by atoms with Gasteiger partial charge in [-0.1, -0.05) is 24.3 Å². The third-order valence-electron chi connectivity index (χ3n) is 3.04. The SMILES string of the molecule is Cc1cccc(NC(=O)c2cncn2-c2ccccc2)n1. The molecule has 5 nitrogen and oxygen atoms in total. The fraction of sp³-hybridized carbons (Fsp3) is 0.0625. The molecule has 0 saturated carbocycles. The number of hydrogen-bond acceptors (Lipinski definition) is 3. The first kappa shape index (κ1) is 13.1. The number of carbonyl (C=O) groups is 1. The molecule has 3 rings (SSSR count). The Hall–Kier alpha value is -2.95. The highest BCUT2D eigenvalue weighted by atomic mass is 16.2. The molecule has 1 amide bonds. The van der Waals surface area contributed by atoms with E-state index in [0.717, 1.165) is 11.4 Å². The van der Waals surface area contributed by atoms with Gasteiger partial charge >= 0.3 is 0 Å². The number of imidazole rings is 1. The molecule has 0 fully saturated rings. The summed E-state index contributed by atoms with van der Waals surface area (Å²) in [6, 6.07) is 15.1. The number of rotatable bonds is 3. The van der Waals surface area contributed by atoms with E-state index in [1.54, 1.807) is 17.0 Å². The molecule has 2 aromatic heterocycles. The van der Waals surface area contributed by atoms with Gasteiger partial charge in [0.15, 0.2) is 0 Å². The van der Waals surface area contributed by atoms with Crippen molar-refractivity contribution in [1.29, 1.82) is 0 Å². The minimum atomic E-state index is -0.241. The zero-order chi connectivity index (χ0) is 14.7. The Morgan fingerprint density at radius 3 is 2.67 bits per heavy atom. The largest absolute Gasteiger partial charge is 0.305 e. The number of amides is 1. The van der Waals surface area contributed by atoms with Gasteiger partial charge < -0.3 is 5.32 Å². The molecule has 1 aromatic carbocycles. The van der Waals surface area contributed by atoms with Gasteiger partial charge in [0, 0.05) is 11.4 Å². The van der Waals surface area contributed by atoms with Gasteiger partial charge in [0.1, 0.15) is 11.5 Å². The average molecular weight is 278 g/mol. The Balaban J connectivity index is 1.88. The normalized spacial score (nSPS) is 10.3. The van der Waals surface area contributed by atoms with Crippen molar-refractivity contribution >= 4 is 11.7 Å². The van der Waals surface area contributed by atoms with Crippen LogP contribution in [0, 0.1) is 6.92 Å². The summed E-state index contributed by atoms with van der Waals surface area (Å²) in [5.74, 6) is 0.287. The van der Waals surface area contributed by atoms with Crippen molar-refractivity contribution in [2.24, 2.45) is 0 Å². The third kappa shape index (κ3) is 2.81. The lowest BCUT2D eigenvalue weighted by Gasteiger charge is -2.08. The van der Waals surface area contributed by atoms with E-state index in [9.17, 15) is 4.79 Å². The predicted octanol–water partition coefficient (Wildman–Crippen LogP) is 2.83. The summed E-state index contributed by atoms with van der Waals surface area (Å²) in [5, 5.41) is 2.78. The van der Waals surface area contributed by atoms with E-state index >= 15 is 0 Å². The minimum absolute atomic E-state index is 0.241. The molecule has 0 atom stereocenters. The molecule has 0 saturated heterocycles. The van der Waals surface area contributed by atoms with Crippen molar-refractivity contribution in [2.75, 3.05) is 5.32 Å². The van der Waals surface area contributed by atoms with Gasteiger partial charge in [-0.05, 0) is 31.2 Å². The van der Waals surface area contributed by atoms with Crippen LogP contribution in [0.15, 0.2) is 61.1 Å². The molecule has 21 heavy (non-hydrogen) atoms. The minimum Gasteiger partial charge on any atom is -0.305 e. The standard InChI is InChI=1S/C16H14N4O/c1-12-6-5-9-15(18-12)19-16(21)14-10-17-11-20(14)13-7-3-2-4-8-13/h2-11H,1H3,(H,18,19,21). The molecular formula is C16H14N4O. The maximum absolute atomic E-state index is 12.4. The molecule has 0 aliphatic heterocycles. The monoisotopic (exact) mass is 278 g/mol. The van der Waals surface area contributed by atoms with E-state index in [-0.39, 0.29) is 5.91 Å². The predicted molar refractivity (Wildman–Crippen MR) is 80.5 cm³/mol. The summed E-state index contributed by atoms with van der Waals surface area (Å²) in [7, 11) is 0. The first-order chi connectivity index (χ1) is 10.2. The molecular weight excluding hydrogens is 264 g/mol. The number of pyridine rings is 1. The second kappa shape index (κ2) is 5.58. The summed E-state index contributed by atoms with van der Waals surface area (Å²) >= 11 is 0. The van der Waals surface area contributed by atoms with E-state index in [4.69, 9.17) is 0 Å². The summed E-state index contributed by atoms with van der Waals surface area (Å²) < 4.78 is 1.74. The van der Waals surface area contributed by atoms with Crippen LogP contribution < -0.4 is 5.32 Å². The number of aromatic nitrogens is 3. The molecule has 0 aliphatic rings. The first-order valence-electron chi connectivity index (χ1n) is 6.57. The van der Waals surface area contributed by atoms with Crippen LogP contribution in [0.3, 0.4) is 0 Å². The van der Waals surface area contributed by atoms with Crippen LogP contribution in [0.25, 0.3) is 5.69 Å². The molecule has 0 unspecified atom stereocenters. The van der Waals surface area contributed by atoms with Gasteiger partial charge in [-0.3, -0.25) is 9.36 Å². The fourth-order valence-electron chi connectivity index (χ4n) is 2.05. The molecule has 104 valence electrons. The van der Waals surface area contributed by atoms with Crippen LogP contribution >= 0.6 is 0 Å². The van der Waals surface area contributed by atoms with Gasteiger partial charge in [0.05, 0.1) is 12.5 Å². The molecule has 3 aromatic rings. The molecule has 0 spiro atoms. The van der Waals surface area contributed by atoms with Crippen molar-refractivity contribution in [3.8, 4) is 5.69 Å². The van der Waals surface area contributed by atoms with Crippen molar-refractivity contribution in [3.05, 3.63) is 72.4 Å². The molecule has 5 heteroatoms. The van der Waals surface area contributed by atoms with Gasteiger partial charge in [-0.2, -0.15) is 0 Å². The van der Waals surface area contributed by atoms with Crippen LogP contribution in [0.2, 0.25) is 0 Å².